The van der Waals surface area contributed by atoms with Crippen LogP contribution in [0.1, 0.15) is 18.9 Å². The van der Waals surface area contributed by atoms with Gasteiger partial charge in [-0.05, 0) is 43.4 Å². The molecule has 0 amide bonds. The first-order valence-electron chi connectivity index (χ1n) is 6.34. The van der Waals surface area contributed by atoms with Crippen LogP contribution in [0, 0.1) is 0 Å². The van der Waals surface area contributed by atoms with E-state index >= 15 is 0 Å². The predicted octanol–water partition coefficient (Wildman–Crippen LogP) is 2.04. The second-order valence-corrected chi connectivity index (χ2v) is 5.51. The molecule has 0 heterocycles. The molecule has 4 heteroatoms. The average Bonchev–Trinajstić information content (AvgIpc) is 2.39. The Labute approximate surface area is 114 Å². The van der Waals surface area contributed by atoms with Crippen LogP contribution in [-0.4, -0.2) is 30.7 Å². The van der Waals surface area contributed by atoms with Gasteiger partial charge in [-0.2, -0.15) is 11.8 Å². The minimum atomic E-state index is -0.337. The molecule has 102 valence electrons. The number of benzene rings is 1. The minimum Gasteiger partial charge on any atom is -0.494 e. The van der Waals surface area contributed by atoms with Crippen molar-refractivity contribution in [2.75, 3.05) is 25.2 Å². The zero-order valence-electron chi connectivity index (χ0n) is 11.3. The van der Waals surface area contributed by atoms with Gasteiger partial charge in [0.1, 0.15) is 5.75 Å². The van der Waals surface area contributed by atoms with E-state index < -0.39 is 0 Å². The van der Waals surface area contributed by atoms with E-state index in [0.29, 0.717) is 13.2 Å². The molecule has 0 aliphatic rings. The van der Waals surface area contributed by atoms with Crippen molar-refractivity contribution in [2.45, 2.75) is 25.3 Å². The van der Waals surface area contributed by atoms with Crippen LogP contribution in [0.15, 0.2) is 24.3 Å². The van der Waals surface area contributed by atoms with Gasteiger partial charge in [-0.3, -0.25) is 0 Å². The third-order valence-corrected chi connectivity index (χ3v) is 3.64. The maximum absolute atomic E-state index is 6.39. The normalized spacial score (nSPS) is 14.2. The summed E-state index contributed by atoms with van der Waals surface area (Å²) in [5, 5.41) is 0. The van der Waals surface area contributed by atoms with E-state index in [1.165, 1.54) is 0 Å². The van der Waals surface area contributed by atoms with Crippen LogP contribution in [0.5, 0.6) is 5.75 Å². The third-order valence-electron chi connectivity index (χ3n) is 3.03. The summed E-state index contributed by atoms with van der Waals surface area (Å²) >= 11 is 1.80. The summed E-state index contributed by atoms with van der Waals surface area (Å²) in [4.78, 5) is 0. The molecule has 0 aliphatic carbocycles. The lowest BCUT2D eigenvalue weighted by atomic mass is 9.89. The van der Waals surface area contributed by atoms with E-state index in [1.54, 1.807) is 11.8 Å². The SMILES string of the molecule is CCOc1ccccc1CC(N)(CN)CCSC. The molecule has 0 saturated carbocycles. The van der Waals surface area contributed by atoms with Gasteiger partial charge in [0.2, 0.25) is 0 Å². The van der Waals surface area contributed by atoms with Crippen LogP contribution in [-0.2, 0) is 6.42 Å². The monoisotopic (exact) mass is 268 g/mol. The van der Waals surface area contributed by atoms with Crippen LogP contribution in [0.2, 0.25) is 0 Å². The molecule has 0 saturated heterocycles. The van der Waals surface area contributed by atoms with Crippen molar-refractivity contribution < 1.29 is 4.74 Å². The molecule has 1 unspecified atom stereocenters. The number of hydrogen-bond donors (Lipinski definition) is 2. The van der Waals surface area contributed by atoms with Crippen molar-refractivity contribution in [3.63, 3.8) is 0 Å². The Bertz CT molecular complexity index is 359. The number of rotatable bonds is 8. The maximum Gasteiger partial charge on any atom is 0.122 e. The summed E-state index contributed by atoms with van der Waals surface area (Å²) in [5.41, 5.74) is 13.0. The second kappa shape index (κ2) is 7.67. The van der Waals surface area contributed by atoms with E-state index in [2.05, 4.69) is 12.3 Å². The fourth-order valence-corrected chi connectivity index (χ4v) is 2.50. The van der Waals surface area contributed by atoms with Gasteiger partial charge in [-0.15, -0.1) is 0 Å². The van der Waals surface area contributed by atoms with Crippen LogP contribution < -0.4 is 16.2 Å². The molecule has 0 spiro atoms. The van der Waals surface area contributed by atoms with Crippen molar-refractivity contribution in [1.82, 2.24) is 0 Å². The predicted molar refractivity (Wildman–Crippen MR) is 80.3 cm³/mol. The van der Waals surface area contributed by atoms with Crippen molar-refractivity contribution >= 4 is 11.8 Å². The highest BCUT2D eigenvalue weighted by molar-refractivity contribution is 7.98. The van der Waals surface area contributed by atoms with Gasteiger partial charge in [0, 0.05) is 12.1 Å². The first-order valence-corrected chi connectivity index (χ1v) is 7.73. The average molecular weight is 268 g/mol. The van der Waals surface area contributed by atoms with Gasteiger partial charge in [0.05, 0.1) is 6.61 Å². The molecular formula is C14H24N2OS. The first-order chi connectivity index (χ1) is 8.65. The standard InChI is InChI=1S/C14H24N2OS/c1-3-17-13-7-5-4-6-12(13)10-14(16,11-15)8-9-18-2/h4-7H,3,8-11,15-16H2,1-2H3. The molecule has 3 nitrogen and oxygen atoms in total. The van der Waals surface area contributed by atoms with Gasteiger partial charge in [-0.1, -0.05) is 18.2 Å². The lowest BCUT2D eigenvalue weighted by Gasteiger charge is -2.28. The van der Waals surface area contributed by atoms with Crippen LogP contribution in [0.3, 0.4) is 0 Å². The van der Waals surface area contributed by atoms with Crippen molar-refractivity contribution in [3.05, 3.63) is 29.8 Å². The molecule has 0 aliphatic heterocycles. The molecule has 1 rings (SSSR count). The van der Waals surface area contributed by atoms with Gasteiger partial charge in [0.25, 0.3) is 0 Å². The topological polar surface area (TPSA) is 61.3 Å². The number of ether oxygens (including phenoxy) is 1. The van der Waals surface area contributed by atoms with Crippen LogP contribution in [0.25, 0.3) is 0 Å². The lowest BCUT2D eigenvalue weighted by Crippen LogP contribution is -2.49. The molecule has 4 N–H and O–H groups in total. The summed E-state index contributed by atoms with van der Waals surface area (Å²) in [5.74, 6) is 1.96. The molecule has 18 heavy (non-hydrogen) atoms. The van der Waals surface area contributed by atoms with E-state index in [0.717, 1.165) is 29.9 Å². The van der Waals surface area contributed by atoms with Crippen LogP contribution >= 0.6 is 11.8 Å². The largest absolute Gasteiger partial charge is 0.494 e. The Hall–Kier alpha value is -0.710. The minimum absolute atomic E-state index is 0.337. The fraction of sp³-hybridized carbons (Fsp3) is 0.571. The van der Waals surface area contributed by atoms with E-state index in [9.17, 15) is 0 Å². The lowest BCUT2D eigenvalue weighted by molar-refractivity contribution is 0.330. The van der Waals surface area contributed by atoms with Crippen molar-refractivity contribution in [1.29, 1.82) is 0 Å². The molecule has 1 aromatic rings. The number of nitrogens with two attached hydrogens (primary N) is 2. The molecule has 0 aromatic heterocycles. The quantitative estimate of drug-likeness (QED) is 0.757. The van der Waals surface area contributed by atoms with Gasteiger partial charge in [0.15, 0.2) is 0 Å². The third kappa shape index (κ3) is 4.52. The number of para-hydroxylation sites is 1. The maximum atomic E-state index is 6.39. The zero-order chi connectivity index (χ0) is 13.4. The van der Waals surface area contributed by atoms with Crippen molar-refractivity contribution in [2.24, 2.45) is 11.5 Å². The van der Waals surface area contributed by atoms with E-state index in [-0.39, 0.29) is 5.54 Å². The Morgan fingerprint density at radius 1 is 1.33 bits per heavy atom. The zero-order valence-corrected chi connectivity index (χ0v) is 12.1. The molecule has 0 radical (unpaired) electrons. The second-order valence-electron chi connectivity index (χ2n) is 4.53. The summed E-state index contributed by atoms with van der Waals surface area (Å²) in [6, 6.07) is 8.06. The van der Waals surface area contributed by atoms with Crippen LogP contribution in [0.4, 0.5) is 0 Å². The molecule has 1 atom stereocenters. The Kier molecular flexibility index (Phi) is 6.54. The molecule has 0 bridgehead atoms. The highest BCUT2D eigenvalue weighted by Gasteiger charge is 2.24. The Morgan fingerprint density at radius 2 is 2.06 bits per heavy atom. The summed E-state index contributed by atoms with van der Waals surface area (Å²) < 4.78 is 5.63. The smallest absolute Gasteiger partial charge is 0.122 e. The molecular weight excluding hydrogens is 244 g/mol. The summed E-state index contributed by atoms with van der Waals surface area (Å²) in [6.07, 6.45) is 3.77. The van der Waals surface area contributed by atoms with E-state index in [1.807, 2.05) is 25.1 Å². The summed E-state index contributed by atoms with van der Waals surface area (Å²) in [6.45, 7) is 3.15. The van der Waals surface area contributed by atoms with Gasteiger partial charge >= 0.3 is 0 Å². The molecule has 1 aromatic carbocycles. The summed E-state index contributed by atoms with van der Waals surface area (Å²) in [7, 11) is 0. The highest BCUT2D eigenvalue weighted by Crippen LogP contribution is 2.24. The fourth-order valence-electron chi connectivity index (χ4n) is 1.89. The van der Waals surface area contributed by atoms with Gasteiger partial charge < -0.3 is 16.2 Å². The molecule has 0 fully saturated rings. The van der Waals surface area contributed by atoms with Gasteiger partial charge in [-0.25, -0.2) is 0 Å². The Balaban J connectivity index is 2.80. The van der Waals surface area contributed by atoms with Crippen molar-refractivity contribution in [3.8, 4) is 5.75 Å². The van der Waals surface area contributed by atoms with E-state index in [4.69, 9.17) is 16.2 Å². The Morgan fingerprint density at radius 3 is 2.67 bits per heavy atom. The first kappa shape index (κ1) is 15.3. The number of thioether (sulfide) groups is 1. The highest BCUT2D eigenvalue weighted by atomic mass is 32.2. The number of hydrogen-bond acceptors (Lipinski definition) is 4.